The van der Waals surface area contributed by atoms with Crippen molar-refractivity contribution in [2.45, 2.75) is 37.3 Å². The van der Waals surface area contributed by atoms with E-state index < -0.39 is 0 Å². The number of para-hydroxylation sites is 1. The van der Waals surface area contributed by atoms with E-state index in [9.17, 15) is 4.79 Å². The van der Waals surface area contributed by atoms with Crippen molar-refractivity contribution in [1.29, 1.82) is 0 Å². The molecule has 2 aliphatic rings. The van der Waals surface area contributed by atoms with Gasteiger partial charge in [-0.15, -0.1) is 0 Å². The Kier molecular flexibility index (Phi) is 4.82. The first kappa shape index (κ1) is 17.0. The Hall–Kier alpha value is -1.40. The Morgan fingerprint density at radius 1 is 1.08 bits per heavy atom. The molecule has 2 aromatic carbocycles. The molecule has 130 valence electrons. The molecule has 2 heterocycles. The molecule has 4 atom stereocenters. The molecule has 2 fully saturated rings. The Labute approximate surface area is 162 Å². The first-order chi connectivity index (χ1) is 12.1. The van der Waals surface area contributed by atoms with Crippen LogP contribution in [-0.2, 0) is 4.79 Å². The number of rotatable bonds is 3. The number of hydrogen-bond acceptors (Lipinski definition) is 3. The van der Waals surface area contributed by atoms with Crippen LogP contribution in [0.15, 0.2) is 54.6 Å². The summed E-state index contributed by atoms with van der Waals surface area (Å²) >= 11 is 2.32. The maximum atomic E-state index is 13.1. The average molecular weight is 447 g/mol. The zero-order valence-corrected chi connectivity index (χ0v) is 16.4. The van der Waals surface area contributed by atoms with Gasteiger partial charge in [0.15, 0.2) is 0 Å². The summed E-state index contributed by atoms with van der Waals surface area (Å²) in [5, 5.41) is 0. The highest BCUT2D eigenvalue weighted by Crippen LogP contribution is 2.46. The monoisotopic (exact) mass is 447 g/mol. The normalized spacial score (nSPS) is 28.7. The van der Waals surface area contributed by atoms with E-state index >= 15 is 0 Å². The quantitative estimate of drug-likeness (QED) is 0.395. The third-order valence-electron chi connectivity index (χ3n) is 5.80. The lowest BCUT2D eigenvalue weighted by atomic mass is 9.76. The molecule has 0 aliphatic carbocycles. The average Bonchev–Trinajstić information content (AvgIpc) is 2.86. The van der Waals surface area contributed by atoms with Gasteiger partial charge in [0.1, 0.15) is 5.75 Å². The summed E-state index contributed by atoms with van der Waals surface area (Å²) in [6.45, 7) is 0. The molecule has 2 bridgehead atoms. The molecule has 3 nitrogen and oxygen atoms in total. The van der Waals surface area contributed by atoms with Gasteiger partial charge in [-0.2, -0.15) is 0 Å². The standard InChI is InChI=1S/C21H22INO2/c1-23-16-11-12-19(23)20(21(24)25-17-5-3-2-4-6-17)18(13-16)14-7-9-15(22)10-8-14/h2-10,16,18-20H,11-13H2,1H3/t16?,18?,19?,20-/m0/s1. The number of halogens is 1. The Bertz CT molecular complexity index is 746. The first-order valence-corrected chi connectivity index (χ1v) is 9.95. The number of ether oxygens (including phenoxy) is 1. The van der Waals surface area contributed by atoms with Crippen molar-refractivity contribution in [3.05, 3.63) is 63.7 Å². The van der Waals surface area contributed by atoms with Crippen LogP contribution < -0.4 is 4.74 Å². The lowest BCUT2D eigenvalue weighted by Gasteiger charge is -2.41. The van der Waals surface area contributed by atoms with Gasteiger partial charge in [0.2, 0.25) is 0 Å². The molecule has 4 rings (SSSR count). The summed E-state index contributed by atoms with van der Waals surface area (Å²) in [5.74, 6) is 0.675. The third-order valence-corrected chi connectivity index (χ3v) is 6.52. The van der Waals surface area contributed by atoms with Crippen LogP contribution in [0.3, 0.4) is 0 Å². The van der Waals surface area contributed by atoms with Crippen molar-refractivity contribution in [3.63, 3.8) is 0 Å². The second kappa shape index (κ2) is 7.08. The second-order valence-electron chi connectivity index (χ2n) is 7.12. The van der Waals surface area contributed by atoms with Crippen molar-refractivity contribution >= 4 is 28.6 Å². The Balaban J connectivity index is 1.64. The van der Waals surface area contributed by atoms with Crippen LogP contribution in [0, 0.1) is 9.49 Å². The van der Waals surface area contributed by atoms with E-state index in [0.717, 1.165) is 12.8 Å². The summed E-state index contributed by atoms with van der Waals surface area (Å²) in [6.07, 6.45) is 3.29. The van der Waals surface area contributed by atoms with Crippen LogP contribution in [0.4, 0.5) is 0 Å². The Morgan fingerprint density at radius 3 is 2.52 bits per heavy atom. The van der Waals surface area contributed by atoms with Gasteiger partial charge in [-0.1, -0.05) is 30.3 Å². The molecular weight excluding hydrogens is 425 g/mol. The molecule has 2 aliphatic heterocycles. The first-order valence-electron chi connectivity index (χ1n) is 8.87. The molecule has 3 unspecified atom stereocenters. The highest BCUT2D eigenvalue weighted by Gasteiger charge is 2.49. The summed E-state index contributed by atoms with van der Waals surface area (Å²) in [4.78, 5) is 15.5. The summed E-state index contributed by atoms with van der Waals surface area (Å²) in [5.41, 5.74) is 1.26. The van der Waals surface area contributed by atoms with Crippen molar-refractivity contribution in [3.8, 4) is 5.75 Å². The molecule has 2 aromatic rings. The van der Waals surface area contributed by atoms with Gasteiger partial charge in [-0.25, -0.2) is 0 Å². The SMILES string of the molecule is CN1C2CCC1[C@@H](C(=O)Oc1ccccc1)C(c1ccc(I)cc1)C2. The largest absolute Gasteiger partial charge is 0.426 e. The van der Waals surface area contributed by atoms with Gasteiger partial charge in [0, 0.05) is 21.6 Å². The maximum Gasteiger partial charge on any atom is 0.316 e. The van der Waals surface area contributed by atoms with Crippen LogP contribution >= 0.6 is 22.6 Å². The van der Waals surface area contributed by atoms with E-state index in [4.69, 9.17) is 4.74 Å². The van der Waals surface area contributed by atoms with Crippen LogP contribution in [-0.4, -0.2) is 30.0 Å². The van der Waals surface area contributed by atoms with E-state index in [2.05, 4.69) is 58.8 Å². The van der Waals surface area contributed by atoms with Crippen molar-refractivity contribution < 1.29 is 9.53 Å². The number of carbonyl (C=O) groups excluding carboxylic acids is 1. The molecular formula is C21H22INO2. The molecule has 25 heavy (non-hydrogen) atoms. The predicted molar refractivity (Wildman–Crippen MR) is 107 cm³/mol. The van der Waals surface area contributed by atoms with Crippen molar-refractivity contribution in [2.75, 3.05) is 7.05 Å². The number of carbonyl (C=O) groups is 1. The maximum absolute atomic E-state index is 13.1. The number of piperidine rings is 1. The van der Waals surface area contributed by atoms with Crippen LogP contribution in [0.2, 0.25) is 0 Å². The van der Waals surface area contributed by atoms with E-state index in [0.29, 0.717) is 11.8 Å². The molecule has 4 heteroatoms. The zero-order chi connectivity index (χ0) is 17.4. The minimum atomic E-state index is -0.107. The van der Waals surface area contributed by atoms with E-state index in [1.54, 1.807) is 0 Å². The molecule has 0 radical (unpaired) electrons. The van der Waals surface area contributed by atoms with Gasteiger partial charge in [0.05, 0.1) is 5.92 Å². The molecule has 0 amide bonds. The van der Waals surface area contributed by atoms with Gasteiger partial charge in [-0.05, 0) is 78.7 Å². The zero-order valence-electron chi connectivity index (χ0n) is 14.3. The molecule has 0 aromatic heterocycles. The third kappa shape index (κ3) is 3.34. The highest BCUT2D eigenvalue weighted by atomic mass is 127. The summed E-state index contributed by atoms with van der Waals surface area (Å²) in [6, 6.07) is 18.9. The minimum absolute atomic E-state index is 0.0908. The molecule has 0 N–H and O–H groups in total. The smallest absolute Gasteiger partial charge is 0.316 e. The molecule has 0 spiro atoms. The molecule has 2 saturated heterocycles. The molecule has 0 saturated carbocycles. The van der Waals surface area contributed by atoms with Gasteiger partial charge < -0.3 is 4.74 Å². The number of fused-ring (bicyclic) bond motifs is 2. The van der Waals surface area contributed by atoms with Crippen LogP contribution in [0.25, 0.3) is 0 Å². The number of hydrogen-bond donors (Lipinski definition) is 0. The van der Waals surface area contributed by atoms with Gasteiger partial charge in [0.25, 0.3) is 0 Å². The van der Waals surface area contributed by atoms with Crippen molar-refractivity contribution in [2.24, 2.45) is 5.92 Å². The lowest BCUT2D eigenvalue weighted by molar-refractivity contribution is -0.143. The lowest BCUT2D eigenvalue weighted by Crippen LogP contribution is -2.49. The fourth-order valence-electron chi connectivity index (χ4n) is 4.51. The number of esters is 1. The number of nitrogens with zero attached hydrogens (tertiary/aromatic N) is 1. The fourth-order valence-corrected chi connectivity index (χ4v) is 4.87. The second-order valence-corrected chi connectivity index (χ2v) is 8.36. The topological polar surface area (TPSA) is 29.5 Å². The van der Waals surface area contributed by atoms with Crippen LogP contribution in [0.1, 0.15) is 30.7 Å². The summed E-state index contributed by atoms with van der Waals surface area (Å²) < 4.78 is 6.98. The van der Waals surface area contributed by atoms with Gasteiger partial charge >= 0.3 is 5.97 Å². The number of benzene rings is 2. The van der Waals surface area contributed by atoms with E-state index in [-0.39, 0.29) is 23.8 Å². The van der Waals surface area contributed by atoms with Crippen molar-refractivity contribution in [1.82, 2.24) is 4.90 Å². The Morgan fingerprint density at radius 2 is 1.80 bits per heavy atom. The minimum Gasteiger partial charge on any atom is -0.426 e. The van der Waals surface area contributed by atoms with E-state index in [1.165, 1.54) is 15.6 Å². The fraction of sp³-hybridized carbons (Fsp3) is 0.381. The van der Waals surface area contributed by atoms with Crippen LogP contribution in [0.5, 0.6) is 5.75 Å². The van der Waals surface area contributed by atoms with E-state index in [1.807, 2.05) is 30.3 Å². The predicted octanol–water partition coefficient (Wildman–Crippen LogP) is 4.46. The summed E-state index contributed by atoms with van der Waals surface area (Å²) in [7, 11) is 2.16. The highest BCUT2D eigenvalue weighted by molar-refractivity contribution is 14.1. The van der Waals surface area contributed by atoms with Gasteiger partial charge in [-0.3, -0.25) is 9.69 Å².